The van der Waals surface area contributed by atoms with Gasteiger partial charge in [0.1, 0.15) is 0 Å². The molecule has 2 nitrogen and oxygen atoms in total. The van der Waals surface area contributed by atoms with Crippen LogP contribution in [-0.4, -0.2) is 11.5 Å². The van der Waals surface area contributed by atoms with Crippen LogP contribution in [0.3, 0.4) is 0 Å². The number of rotatable bonds is 5. The molecule has 1 N–H and O–H groups in total. The van der Waals surface area contributed by atoms with Gasteiger partial charge in [-0.1, -0.05) is 6.92 Å². The maximum Gasteiger partial charge on any atom is 0.417 e. The van der Waals surface area contributed by atoms with Gasteiger partial charge in [0.2, 0.25) is 0 Å². The molecule has 1 atom stereocenters. The zero-order valence-corrected chi connectivity index (χ0v) is 10.3. The smallest absolute Gasteiger partial charge is 0.308 e. The Kier molecular flexibility index (Phi) is 3.90. The van der Waals surface area contributed by atoms with Crippen LogP contribution in [0.15, 0.2) is 18.3 Å². The average Bonchev–Trinajstić information content (AvgIpc) is 3.13. The van der Waals surface area contributed by atoms with E-state index in [1.54, 1.807) is 0 Å². The number of aromatic nitrogens is 1. The molecule has 1 unspecified atom stereocenters. The summed E-state index contributed by atoms with van der Waals surface area (Å²) in [5.41, 5.74) is 0.0373. The van der Waals surface area contributed by atoms with Crippen LogP contribution in [0.1, 0.15) is 43.5 Å². The van der Waals surface area contributed by atoms with E-state index < -0.39 is 11.7 Å². The Hall–Kier alpha value is -1.10. The number of alkyl halides is 3. The topological polar surface area (TPSA) is 24.9 Å². The van der Waals surface area contributed by atoms with Crippen molar-refractivity contribution in [2.24, 2.45) is 5.92 Å². The predicted molar refractivity (Wildman–Crippen MR) is 63.0 cm³/mol. The van der Waals surface area contributed by atoms with E-state index in [9.17, 15) is 13.2 Å². The molecule has 1 fully saturated rings. The maximum absolute atomic E-state index is 12.4. The summed E-state index contributed by atoms with van der Waals surface area (Å²) in [6.45, 7) is 2.93. The molecule has 0 saturated heterocycles. The zero-order valence-electron chi connectivity index (χ0n) is 10.3. The van der Waals surface area contributed by atoms with Gasteiger partial charge in [-0.05, 0) is 43.9 Å². The molecule has 0 spiro atoms. The Balaban J connectivity index is 2.11. The van der Waals surface area contributed by atoms with Crippen LogP contribution in [0, 0.1) is 5.92 Å². The lowest BCUT2D eigenvalue weighted by Crippen LogP contribution is -2.24. The molecule has 100 valence electrons. The summed E-state index contributed by atoms with van der Waals surface area (Å²) < 4.78 is 37.3. The van der Waals surface area contributed by atoms with Crippen molar-refractivity contribution in [3.63, 3.8) is 0 Å². The van der Waals surface area contributed by atoms with E-state index in [1.807, 2.05) is 0 Å². The highest BCUT2D eigenvalue weighted by atomic mass is 19.4. The van der Waals surface area contributed by atoms with Crippen LogP contribution in [0.5, 0.6) is 0 Å². The Morgan fingerprint density at radius 1 is 1.39 bits per heavy atom. The summed E-state index contributed by atoms with van der Waals surface area (Å²) in [5, 5.41) is 3.36. The zero-order chi connectivity index (χ0) is 13.2. The highest BCUT2D eigenvalue weighted by Crippen LogP contribution is 2.40. The van der Waals surface area contributed by atoms with Crippen molar-refractivity contribution in [3.8, 4) is 0 Å². The van der Waals surface area contributed by atoms with E-state index in [-0.39, 0.29) is 6.04 Å². The van der Waals surface area contributed by atoms with Gasteiger partial charge in [0.05, 0.1) is 17.3 Å². The Labute approximate surface area is 105 Å². The molecule has 1 aromatic rings. The minimum Gasteiger partial charge on any atom is -0.308 e. The van der Waals surface area contributed by atoms with Gasteiger partial charge in [0.25, 0.3) is 0 Å². The molecule has 1 saturated carbocycles. The van der Waals surface area contributed by atoms with Crippen LogP contribution in [0.25, 0.3) is 0 Å². The average molecular weight is 258 g/mol. The standard InChI is InChI=1S/C13H17F3N2/c1-2-7-17-12(9-3-4-9)11-6-5-10(8-18-11)13(14,15)16/h5-6,8-9,12,17H,2-4,7H2,1H3. The minimum absolute atomic E-state index is 0.104. The van der Waals surface area contributed by atoms with E-state index >= 15 is 0 Å². The van der Waals surface area contributed by atoms with Gasteiger partial charge in [-0.15, -0.1) is 0 Å². The number of halogens is 3. The van der Waals surface area contributed by atoms with Crippen LogP contribution in [0.2, 0.25) is 0 Å². The summed E-state index contributed by atoms with van der Waals surface area (Å²) in [4.78, 5) is 3.98. The quantitative estimate of drug-likeness (QED) is 0.873. The lowest BCUT2D eigenvalue weighted by molar-refractivity contribution is -0.137. The van der Waals surface area contributed by atoms with E-state index in [0.717, 1.165) is 43.8 Å². The Morgan fingerprint density at radius 2 is 2.11 bits per heavy atom. The monoisotopic (exact) mass is 258 g/mol. The van der Waals surface area contributed by atoms with Crippen molar-refractivity contribution >= 4 is 0 Å². The molecule has 0 aromatic carbocycles. The summed E-state index contributed by atoms with van der Waals surface area (Å²) in [7, 11) is 0. The molecule has 0 aliphatic heterocycles. The van der Waals surface area contributed by atoms with Crippen molar-refractivity contribution in [1.29, 1.82) is 0 Å². The van der Waals surface area contributed by atoms with E-state index in [1.165, 1.54) is 6.07 Å². The van der Waals surface area contributed by atoms with Gasteiger partial charge in [-0.2, -0.15) is 13.2 Å². The number of nitrogens with one attached hydrogen (secondary N) is 1. The third-order valence-corrected chi connectivity index (χ3v) is 3.14. The van der Waals surface area contributed by atoms with Crippen LogP contribution < -0.4 is 5.32 Å². The second-order valence-electron chi connectivity index (χ2n) is 4.74. The van der Waals surface area contributed by atoms with Gasteiger partial charge in [0, 0.05) is 6.20 Å². The van der Waals surface area contributed by atoms with E-state index in [4.69, 9.17) is 0 Å². The molecule has 5 heteroatoms. The van der Waals surface area contributed by atoms with Gasteiger partial charge in [0.15, 0.2) is 0 Å². The molecular formula is C13H17F3N2. The highest BCUT2D eigenvalue weighted by Gasteiger charge is 2.34. The molecule has 2 rings (SSSR count). The molecular weight excluding hydrogens is 241 g/mol. The molecule has 0 radical (unpaired) electrons. The fourth-order valence-electron chi connectivity index (χ4n) is 2.00. The minimum atomic E-state index is -4.31. The third-order valence-electron chi connectivity index (χ3n) is 3.14. The fraction of sp³-hybridized carbons (Fsp3) is 0.615. The van der Waals surface area contributed by atoms with E-state index in [2.05, 4.69) is 17.2 Å². The number of hydrogen-bond donors (Lipinski definition) is 1. The van der Waals surface area contributed by atoms with Crippen molar-refractivity contribution < 1.29 is 13.2 Å². The van der Waals surface area contributed by atoms with E-state index in [0.29, 0.717) is 5.92 Å². The second-order valence-corrected chi connectivity index (χ2v) is 4.74. The normalized spacial score (nSPS) is 17.8. The number of pyridine rings is 1. The van der Waals surface area contributed by atoms with Crippen molar-refractivity contribution in [3.05, 3.63) is 29.6 Å². The van der Waals surface area contributed by atoms with Crippen LogP contribution >= 0.6 is 0 Å². The SMILES string of the molecule is CCCNC(c1ccc(C(F)(F)F)cn1)C1CC1. The van der Waals surface area contributed by atoms with Crippen molar-refractivity contribution in [2.75, 3.05) is 6.54 Å². The van der Waals surface area contributed by atoms with Gasteiger partial charge in [-0.3, -0.25) is 4.98 Å². The summed E-state index contributed by atoms with van der Waals surface area (Å²) in [5.74, 6) is 0.529. The molecule has 0 amide bonds. The first-order valence-corrected chi connectivity index (χ1v) is 6.29. The molecule has 18 heavy (non-hydrogen) atoms. The fourth-order valence-corrected chi connectivity index (χ4v) is 2.00. The third kappa shape index (κ3) is 3.22. The Morgan fingerprint density at radius 3 is 2.56 bits per heavy atom. The predicted octanol–water partition coefficient (Wildman–Crippen LogP) is 3.55. The summed E-state index contributed by atoms with van der Waals surface area (Å²) in [6, 6.07) is 2.71. The molecule has 1 heterocycles. The summed E-state index contributed by atoms with van der Waals surface area (Å²) >= 11 is 0. The van der Waals surface area contributed by atoms with Crippen LogP contribution in [0.4, 0.5) is 13.2 Å². The largest absolute Gasteiger partial charge is 0.417 e. The van der Waals surface area contributed by atoms with Gasteiger partial charge in [-0.25, -0.2) is 0 Å². The highest BCUT2D eigenvalue weighted by molar-refractivity contribution is 5.20. The maximum atomic E-state index is 12.4. The first-order valence-electron chi connectivity index (χ1n) is 6.29. The number of hydrogen-bond acceptors (Lipinski definition) is 2. The molecule has 0 bridgehead atoms. The van der Waals surface area contributed by atoms with Gasteiger partial charge < -0.3 is 5.32 Å². The molecule has 1 aromatic heterocycles. The van der Waals surface area contributed by atoms with Crippen molar-refractivity contribution in [1.82, 2.24) is 10.3 Å². The number of nitrogens with zero attached hydrogens (tertiary/aromatic N) is 1. The summed E-state index contributed by atoms with van der Waals surface area (Å²) in [6.07, 6.45) is -0.117. The van der Waals surface area contributed by atoms with Gasteiger partial charge >= 0.3 is 6.18 Å². The Bertz CT molecular complexity index is 382. The van der Waals surface area contributed by atoms with Crippen molar-refractivity contribution in [2.45, 2.75) is 38.4 Å². The molecule has 1 aliphatic rings. The lowest BCUT2D eigenvalue weighted by atomic mass is 10.1. The second kappa shape index (κ2) is 5.26. The molecule has 1 aliphatic carbocycles. The lowest BCUT2D eigenvalue weighted by Gasteiger charge is -2.18. The first kappa shape index (κ1) is 13.3. The van der Waals surface area contributed by atoms with Crippen LogP contribution in [-0.2, 0) is 6.18 Å². The first-order chi connectivity index (χ1) is 8.52.